The van der Waals surface area contributed by atoms with Crippen molar-refractivity contribution in [3.63, 3.8) is 0 Å². The third-order valence-corrected chi connectivity index (χ3v) is 10.7. The fourth-order valence-electron chi connectivity index (χ4n) is 6.79. The van der Waals surface area contributed by atoms with Gasteiger partial charge in [-0.25, -0.2) is 0 Å². The SMILES string of the molecule is CC/C=C\C/C=C\C/C=C\C/C=C\C/C=C\C/C=C\CCCCC(=O)OCC(COC(=O)CCCCCCCCCCCC)OC(=O)CCCCCC/C=C\C/C=C\C/C=C\C/C=C\CC. The van der Waals surface area contributed by atoms with Crippen molar-refractivity contribution < 1.29 is 28.6 Å². The number of carbonyl (C=O) groups excluding carboxylic acids is 3. The highest BCUT2D eigenvalue weighted by molar-refractivity contribution is 5.71. The number of esters is 3. The molecule has 0 radical (unpaired) electrons. The van der Waals surface area contributed by atoms with E-state index in [0.717, 1.165) is 128 Å². The minimum atomic E-state index is -0.810. The predicted molar refractivity (Wildman–Crippen MR) is 283 cm³/mol. The number of hydrogen-bond acceptors (Lipinski definition) is 6. The lowest BCUT2D eigenvalue weighted by Crippen LogP contribution is -2.30. The number of hydrogen-bond donors (Lipinski definition) is 0. The maximum absolute atomic E-state index is 12.8. The fourth-order valence-corrected chi connectivity index (χ4v) is 6.79. The molecule has 372 valence electrons. The van der Waals surface area contributed by atoms with Gasteiger partial charge in [-0.1, -0.05) is 213 Å². The average molecular weight is 913 g/mol. The largest absolute Gasteiger partial charge is 0.462 e. The van der Waals surface area contributed by atoms with Crippen LogP contribution in [-0.4, -0.2) is 37.2 Å². The summed E-state index contributed by atoms with van der Waals surface area (Å²) in [7, 11) is 0. The van der Waals surface area contributed by atoms with Crippen molar-refractivity contribution in [2.45, 2.75) is 226 Å². The zero-order chi connectivity index (χ0) is 47.9. The standard InChI is InChI=1S/C60H96O6/c1-4-7-10-13-16-19-22-24-26-28-29-30-31-33-34-36-38-41-44-47-50-53-59(62)65-56-57(55-64-58(61)52-49-46-43-40-21-18-15-12-9-6-3)66-60(63)54-51-48-45-42-39-37-35-32-27-25-23-20-17-14-11-8-5-2/h7-8,10-11,16-17,19-20,24-27,29-30,33-35,37-38,41,57H,4-6,9,12-15,18,21-23,28,31-32,36,39-40,42-56H2,1-3H3/b10-7-,11-8-,19-16-,20-17-,26-24-,27-25-,30-29-,34-33-,37-35-,41-38-. The fraction of sp³-hybridized carbons (Fsp3) is 0.617. The van der Waals surface area contributed by atoms with Crippen LogP contribution >= 0.6 is 0 Å². The molecule has 0 aromatic rings. The molecular weight excluding hydrogens is 817 g/mol. The second-order valence-corrected chi connectivity index (χ2v) is 17.0. The highest BCUT2D eigenvalue weighted by Gasteiger charge is 2.19. The molecule has 0 fully saturated rings. The molecule has 0 aromatic carbocycles. The minimum absolute atomic E-state index is 0.104. The first-order valence-corrected chi connectivity index (χ1v) is 26.5. The van der Waals surface area contributed by atoms with Crippen LogP contribution in [0.3, 0.4) is 0 Å². The van der Waals surface area contributed by atoms with Gasteiger partial charge in [0.05, 0.1) is 0 Å². The quantitative estimate of drug-likeness (QED) is 0.0262. The smallest absolute Gasteiger partial charge is 0.306 e. The van der Waals surface area contributed by atoms with Crippen LogP contribution in [0.5, 0.6) is 0 Å². The first kappa shape index (κ1) is 61.8. The van der Waals surface area contributed by atoms with Crippen molar-refractivity contribution in [1.82, 2.24) is 0 Å². The van der Waals surface area contributed by atoms with E-state index in [9.17, 15) is 14.4 Å². The molecule has 0 spiro atoms. The van der Waals surface area contributed by atoms with Crippen LogP contribution in [0.4, 0.5) is 0 Å². The van der Waals surface area contributed by atoms with E-state index in [1.807, 2.05) is 0 Å². The zero-order valence-electron chi connectivity index (χ0n) is 42.4. The van der Waals surface area contributed by atoms with Gasteiger partial charge in [-0.3, -0.25) is 14.4 Å². The summed E-state index contributed by atoms with van der Waals surface area (Å²) in [5, 5.41) is 0. The van der Waals surface area contributed by atoms with Crippen LogP contribution in [0.15, 0.2) is 122 Å². The Morgan fingerprint density at radius 2 is 0.591 bits per heavy atom. The minimum Gasteiger partial charge on any atom is -0.462 e. The van der Waals surface area contributed by atoms with E-state index in [4.69, 9.17) is 14.2 Å². The molecule has 0 N–H and O–H groups in total. The van der Waals surface area contributed by atoms with E-state index in [1.165, 1.54) is 44.9 Å². The molecule has 0 rings (SSSR count). The number of unbranched alkanes of at least 4 members (excludes halogenated alkanes) is 15. The summed E-state index contributed by atoms with van der Waals surface area (Å²) in [5.41, 5.74) is 0. The molecular formula is C60H96O6. The molecule has 0 aromatic heterocycles. The van der Waals surface area contributed by atoms with Gasteiger partial charge in [-0.05, 0) is 109 Å². The Morgan fingerprint density at radius 3 is 0.955 bits per heavy atom. The molecule has 0 saturated heterocycles. The van der Waals surface area contributed by atoms with Crippen molar-refractivity contribution in [3.8, 4) is 0 Å². The van der Waals surface area contributed by atoms with Crippen LogP contribution in [-0.2, 0) is 28.6 Å². The molecule has 0 aliphatic carbocycles. The van der Waals surface area contributed by atoms with Crippen molar-refractivity contribution in [1.29, 1.82) is 0 Å². The number of allylic oxidation sites excluding steroid dienone is 20. The van der Waals surface area contributed by atoms with Gasteiger partial charge in [0.1, 0.15) is 13.2 Å². The molecule has 66 heavy (non-hydrogen) atoms. The summed E-state index contributed by atoms with van der Waals surface area (Å²) in [5.74, 6) is -0.981. The summed E-state index contributed by atoms with van der Waals surface area (Å²) in [4.78, 5) is 38.0. The van der Waals surface area contributed by atoms with Gasteiger partial charge in [-0.2, -0.15) is 0 Å². The van der Waals surface area contributed by atoms with Gasteiger partial charge in [0.15, 0.2) is 6.10 Å². The molecule has 1 unspecified atom stereocenters. The molecule has 1 atom stereocenters. The van der Waals surface area contributed by atoms with Crippen molar-refractivity contribution in [3.05, 3.63) is 122 Å². The second kappa shape index (κ2) is 53.4. The summed E-state index contributed by atoms with van der Waals surface area (Å²) >= 11 is 0. The van der Waals surface area contributed by atoms with Crippen molar-refractivity contribution >= 4 is 17.9 Å². The summed E-state index contributed by atoms with van der Waals surface area (Å²) < 4.78 is 16.7. The third kappa shape index (κ3) is 50.8. The maximum atomic E-state index is 12.8. The average Bonchev–Trinajstić information content (AvgIpc) is 3.31. The number of ether oxygens (including phenoxy) is 3. The van der Waals surface area contributed by atoms with E-state index in [1.54, 1.807) is 0 Å². The lowest BCUT2D eigenvalue weighted by atomic mass is 10.1. The molecule has 0 amide bonds. The van der Waals surface area contributed by atoms with Crippen LogP contribution < -0.4 is 0 Å². The molecule has 6 nitrogen and oxygen atoms in total. The van der Waals surface area contributed by atoms with Crippen LogP contribution in [0, 0.1) is 0 Å². The van der Waals surface area contributed by atoms with Crippen molar-refractivity contribution in [2.75, 3.05) is 13.2 Å². The van der Waals surface area contributed by atoms with Crippen molar-refractivity contribution in [2.24, 2.45) is 0 Å². The van der Waals surface area contributed by atoms with Gasteiger partial charge in [-0.15, -0.1) is 0 Å². The molecule has 0 heterocycles. The normalized spacial score (nSPS) is 13.1. The van der Waals surface area contributed by atoms with Crippen LogP contribution in [0.25, 0.3) is 0 Å². The van der Waals surface area contributed by atoms with Gasteiger partial charge < -0.3 is 14.2 Å². The van der Waals surface area contributed by atoms with Crippen LogP contribution in [0.1, 0.15) is 220 Å². The van der Waals surface area contributed by atoms with Gasteiger partial charge >= 0.3 is 17.9 Å². The molecule has 0 bridgehead atoms. The predicted octanol–water partition coefficient (Wildman–Crippen LogP) is 17.7. The first-order chi connectivity index (χ1) is 32.5. The Kier molecular flexibility index (Phi) is 50.0. The zero-order valence-corrected chi connectivity index (χ0v) is 42.4. The number of carbonyl (C=O) groups is 3. The highest BCUT2D eigenvalue weighted by atomic mass is 16.6. The Bertz CT molecular complexity index is 1420. The maximum Gasteiger partial charge on any atom is 0.306 e. The Hall–Kier alpha value is -4.19. The molecule has 0 aliphatic heterocycles. The second-order valence-electron chi connectivity index (χ2n) is 17.0. The van der Waals surface area contributed by atoms with Crippen LogP contribution in [0.2, 0.25) is 0 Å². The van der Waals surface area contributed by atoms with E-state index in [2.05, 4.69) is 142 Å². The molecule has 0 saturated carbocycles. The Labute approximate surface area is 405 Å². The summed E-state index contributed by atoms with van der Waals surface area (Å²) in [6.45, 7) is 6.32. The van der Waals surface area contributed by atoms with E-state index in [0.29, 0.717) is 19.3 Å². The van der Waals surface area contributed by atoms with Gasteiger partial charge in [0.2, 0.25) is 0 Å². The summed E-state index contributed by atoms with van der Waals surface area (Å²) in [6, 6.07) is 0. The van der Waals surface area contributed by atoms with E-state index >= 15 is 0 Å². The van der Waals surface area contributed by atoms with E-state index in [-0.39, 0.29) is 37.5 Å². The number of rotatable bonds is 46. The first-order valence-electron chi connectivity index (χ1n) is 26.5. The monoisotopic (exact) mass is 913 g/mol. The lowest BCUT2D eigenvalue weighted by Gasteiger charge is -2.18. The highest BCUT2D eigenvalue weighted by Crippen LogP contribution is 2.13. The molecule has 0 aliphatic rings. The lowest BCUT2D eigenvalue weighted by molar-refractivity contribution is -0.167. The Balaban J connectivity index is 4.48. The molecule has 6 heteroatoms. The topological polar surface area (TPSA) is 78.9 Å². The van der Waals surface area contributed by atoms with E-state index < -0.39 is 6.10 Å². The van der Waals surface area contributed by atoms with Gasteiger partial charge in [0, 0.05) is 19.3 Å². The van der Waals surface area contributed by atoms with Gasteiger partial charge in [0.25, 0.3) is 0 Å². The Morgan fingerprint density at radius 1 is 0.318 bits per heavy atom. The summed E-state index contributed by atoms with van der Waals surface area (Å²) in [6.07, 6.45) is 73.3. The third-order valence-electron chi connectivity index (χ3n) is 10.7.